The van der Waals surface area contributed by atoms with E-state index in [0.717, 1.165) is 33.3 Å². The number of fused-ring (bicyclic) bond motifs is 9. The molecule has 0 amide bonds. The van der Waals surface area contributed by atoms with Gasteiger partial charge in [0, 0.05) is 39.0 Å². The number of anilines is 3. The minimum Gasteiger partial charge on any atom is -0.456 e. The molecule has 212 valence electrons. The highest BCUT2D eigenvalue weighted by Crippen LogP contribution is 2.62. The predicted molar refractivity (Wildman–Crippen MR) is 184 cm³/mol. The lowest BCUT2D eigenvalue weighted by molar-refractivity contribution is 0.640. The van der Waals surface area contributed by atoms with Gasteiger partial charge in [0.15, 0.2) is 0 Å². The Morgan fingerprint density at radius 1 is 0.455 bits per heavy atom. The molecule has 0 unspecified atom stereocenters. The second-order valence-corrected chi connectivity index (χ2v) is 13.4. The van der Waals surface area contributed by atoms with Crippen molar-refractivity contribution in [2.45, 2.75) is 38.5 Å². The molecule has 9 rings (SSSR count). The molecule has 44 heavy (non-hydrogen) atoms. The molecule has 1 aromatic heterocycles. The highest BCUT2D eigenvalue weighted by atomic mass is 16.3. The second kappa shape index (κ2) is 8.74. The van der Waals surface area contributed by atoms with Gasteiger partial charge in [0.2, 0.25) is 0 Å². The van der Waals surface area contributed by atoms with Crippen LogP contribution in [0, 0.1) is 0 Å². The maximum atomic E-state index is 6.46. The molecule has 2 heteroatoms. The second-order valence-electron chi connectivity index (χ2n) is 13.4. The van der Waals surface area contributed by atoms with Crippen molar-refractivity contribution in [1.29, 1.82) is 0 Å². The standard InChI is InChI=1S/C42H33NO/c1-41(2)34-19-11-8-16-28(34)32-25-33-29-17-9-12-20-35(29)42(3,4)39(33)40(38(32)41)43(26-14-6-5-7-15-26)27-22-23-31-30-18-10-13-21-36(30)44-37(31)24-27/h5-25H,1-4H3. The zero-order valence-corrected chi connectivity index (χ0v) is 25.5. The van der Waals surface area contributed by atoms with Crippen LogP contribution in [0.5, 0.6) is 0 Å². The van der Waals surface area contributed by atoms with Crippen molar-refractivity contribution in [3.05, 3.63) is 150 Å². The molecule has 2 aliphatic rings. The first kappa shape index (κ1) is 25.4. The summed E-state index contributed by atoms with van der Waals surface area (Å²) in [5.74, 6) is 0. The number of hydrogen-bond acceptors (Lipinski definition) is 2. The Morgan fingerprint density at radius 3 is 1.66 bits per heavy atom. The molecule has 6 aromatic carbocycles. The third-order valence-corrected chi connectivity index (χ3v) is 10.2. The van der Waals surface area contributed by atoms with E-state index in [9.17, 15) is 0 Å². The summed E-state index contributed by atoms with van der Waals surface area (Å²) in [6.07, 6.45) is 0. The summed E-state index contributed by atoms with van der Waals surface area (Å²) in [4.78, 5) is 2.51. The SMILES string of the molecule is CC1(C)c2ccccc2-c2cc3c(c(N(c4ccccc4)c4ccc5c(c4)oc4ccccc45)c21)C(C)(C)c1ccccc1-3. The minimum atomic E-state index is -0.197. The van der Waals surface area contributed by atoms with Gasteiger partial charge in [0.1, 0.15) is 11.2 Å². The van der Waals surface area contributed by atoms with Gasteiger partial charge < -0.3 is 9.32 Å². The van der Waals surface area contributed by atoms with Crippen molar-refractivity contribution in [3.63, 3.8) is 0 Å². The molecule has 0 N–H and O–H groups in total. The lowest BCUT2D eigenvalue weighted by atomic mass is 9.75. The van der Waals surface area contributed by atoms with E-state index < -0.39 is 0 Å². The van der Waals surface area contributed by atoms with Crippen LogP contribution in [0.4, 0.5) is 17.1 Å². The molecule has 0 spiro atoms. The minimum absolute atomic E-state index is 0.197. The molecule has 0 saturated carbocycles. The van der Waals surface area contributed by atoms with Crippen molar-refractivity contribution < 1.29 is 4.42 Å². The lowest BCUT2D eigenvalue weighted by Crippen LogP contribution is -2.26. The third kappa shape index (κ3) is 3.26. The summed E-state index contributed by atoms with van der Waals surface area (Å²) < 4.78 is 6.46. The summed E-state index contributed by atoms with van der Waals surface area (Å²) in [6, 6.07) is 46.4. The summed E-state index contributed by atoms with van der Waals surface area (Å²) in [7, 11) is 0. The van der Waals surface area contributed by atoms with Crippen LogP contribution in [0.2, 0.25) is 0 Å². The Labute approximate surface area is 258 Å². The van der Waals surface area contributed by atoms with Crippen molar-refractivity contribution in [1.82, 2.24) is 0 Å². The summed E-state index contributed by atoms with van der Waals surface area (Å²) >= 11 is 0. The van der Waals surface area contributed by atoms with E-state index in [1.807, 2.05) is 6.07 Å². The number of hydrogen-bond donors (Lipinski definition) is 0. The van der Waals surface area contributed by atoms with Gasteiger partial charge in [-0.05, 0) is 80.9 Å². The van der Waals surface area contributed by atoms with Crippen LogP contribution < -0.4 is 4.90 Å². The molecular formula is C42H33NO. The van der Waals surface area contributed by atoms with Gasteiger partial charge in [0.25, 0.3) is 0 Å². The first-order valence-electron chi connectivity index (χ1n) is 15.5. The Kier molecular flexibility index (Phi) is 5.05. The Bertz CT molecular complexity index is 2200. The maximum Gasteiger partial charge on any atom is 0.137 e. The number of furan rings is 1. The van der Waals surface area contributed by atoms with Gasteiger partial charge in [-0.25, -0.2) is 0 Å². The topological polar surface area (TPSA) is 16.4 Å². The third-order valence-electron chi connectivity index (χ3n) is 10.2. The normalized spacial score (nSPS) is 15.2. The van der Waals surface area contributed by atoms with Gasteiger partial charge in [-0.1, -0.05) is 113 Å². The Hall–Kier alpha value is -5.08. The van der Waals surface area contributed by atoms with E-state index in [1.165, 1.54) is 50.2 Å². The van der Waals surface area contributed by atoms with Crippen LogP contribution in [-0.4, -0.2) is 0 Å². The fourth-order valence-corrected chi connectivity index (χ4v) is 8.22. The van der Waals surface area contributed by atoms with Gasteiger partial charge in [0.05, 0.1) is 5.69 Å². The molecule has 0 aliphatic heterocycles. The first-order valence-corrected chi connectivity index (χ1v) is 15.5. The Balaban J connectivity index is 1.43. The van der Waals surface area contributed by atoms with Gasteiger partial charge in [-0.15, -0.1) is 0 Å². The highest BCUT2D eigenvalue weighted by Gasteiger charge is 2.46. The van der Waals surface area contributed by atoms with E-state index in [0.29, 0.717) is 0 Å². The molecule has 0 fully saturated rings. The van der Waals surface area contributed by atoms with Crippen molar-refractivity contribution >= 4 is 39.0 Å². The number of rotatable bonds is 3. The molecule has 0 atom stereocenters. The van der Waals surface area contributed by atoms with Crippen molar-refractivity contribution in [2.75, 3.05) is 4.90 Å². The molecule has 0 saturated heterocycles. The van der Waals surface area contributed by atoms with Crippen LogP contribution in [0.15, 0.2) is 132 Å². The van der Waals surface area contributed by atoms with Crippen LogP contribution in [0.1, 0.15) is 49.9 Å². The fourth-order valence-electron chi connectivity index (χ4n) is 8.22. The zero-order valence-electron chi connectivity index (χ0n) is 25.5. The van der Waals surface area contributed by atoms with Gasteiger partial charge >= 0.3 is 0 Å². The number of benzene rings is 6. The predicted octanol–water partition coefficient (Wildman–Crippen LogP) is 11.7. The monoisotopic (exact) mass is 567 g/mol. The van der Waals surface area contributed by atoms with Crippen molar-refractivity contribution in [3.8, 4) is 22.3 Å². The molecule has 2 nitrogen and oxygen atoms in total. The molecule has 0 radical (unpaired) electrons. The summed E-state index contributed by atoms with van der Waals surface area (Å²) in [6.45, 7) is 9.59. The Morgan fingerprint density at radius 2 is 1.00 bits per heavy atom. The van der Waals surface area contributed by atoms with Gasteiger partial charge in [-0.2, -0.15) is 0 Å². The maximum absolute atomic E-state index is 6.46. The van der Waals surface area contributed by atoms with E-state index in [4.69, 9.17) is 4.42 Å². The lowest BCUT2D eigenvalue weighted by Gasteiger charge is -2.37. The average Bonchev–Trinajstić information content (AvgIpc) is 3.61. The van der Waals surface area contributed by atoms with Crippen molar-refractivity contribution in [2.24, 2.45) is 0 Å². The van der Waals surface area contributed by atoms with Crippen LogP contribution >= 0.6 is 0 Å². The van der Waals surface area contributed by atoms with E-state index in [2.05, 4.69) is 154 Å². The molecule has 0 bridgehead atoms. The van der Waals surface area contributed by atoms with Crippen LogP contribution in [0.25, 0.3) is 44.2 Å². The van der Waals surface area contributed by atoms with E-state index >= 15 is 0 Å². The van der Waals surface area contributed by atoms with Gasteiger partial charge in [-0.3, -0.25) is 0 Å². The van der Waals surface area contributed by atoms with Crippen LogP contribution in [0.3, 0.4) is 0 Å². The largest absolute Gasteiger partial charge is 0.456 e. The van der Waals surface area contributed by atoms with Crippen LogP contribution in [-0.2, 0) is 10.8 Å². The molecule has 1 heterocycles. The first-order chi connectivity index (χ1) is 21.4. The summed E-state index contributed by atoms with van der Waals surface area (Å²) in [5, 5.41) is 2.29. The molecular weight excluding hydrogens is 534 g/mol. The quantitative estimate of drug-likeness (QED) is 0.211. The van der Waals surface area contributed by atoms with E-state index in [1.54, 1.807) is 0 Å². The van der Waals surface area contributed by atoms with E-state index in [-0.39, 0.29) is 10.8 Å². The average molecular weight is 568 g/mol. The fraction of sp³-hybridized carbons (Fsp3) is 0.143. The summed E-state index contributed by atoms with van der Waals surface area (Å²) in [5.41, 5.74) is 15.8. The number of nitrogens with zero attached hydrogens (tertiary/aromatic N) is 1. The molecule has 2 aliphatic carbocycles. The zero-order chi connectivity index (χ0) is 29.8. The highest BCUT2D eigenvalue weighted by molar-refractivity contribution is 6.07. The smallest absolute Gasteiger partial charge is 0.137 e. The molecule has 7 aromatic rings. The number of para-hydroxylation sites is 2.